The van der Waals surface area contributed by atoms with E-state index in [2.05, 4.69) is 52.9 Å². The van der Waals surface area contributed by atoms with Crippen LogP contribution in [0.4, 0.5) is 0 Å². The fraction of sp³-hybridized carbons (Fsp3) is 0.588. The quantitative estimate of drug-likeness (QED) is 0.413. The van der Waals surface area contributed by atoms with Crippen molar-refractivity contribution in [2.45, 2.75) is 26.9 Å². The molecule has 2 N–H and O–H groups in total. The highest BCUT2D eigenvalue weighted by molar-refractivity contribution is 14.0. The maximum absolute atomic E-state index is 6.09. The zero-order valence-corrected chi connectivity index (χ0v) is 17.3. The SMILES string of the molecule is CCN(CC)Cc1ccc(CN=C(N)N2CCSCC2)cc1.I. The minimum Gasteiger partial charge on any atom is -0.370 e. The van der Waals surface area contributed by atoms with E-state index in [1.807, 2.05) is 11.8 Å². The standard InChI is InChI=1S/C17H28N4S.HI/c1-3-20(4-2)14-16-7-5-15(6-8-16)13-19-17(18)21-9-11-22-12-10-21;/h5-8H,3-4,9-14H2,1-2H3,(H2,18,19);1H. The van der Waals surface area contributed by atoms with E-state index in [4.69, 9.17) is 5.73 Å². The van der Waals surface area contributed by atoms with Gasteiger partial charge in [0.1, 0.15) is 0 Å². The third-order valence-corrected chi connectivity index (χ3v) is 5.02. The largest absolute Gasteiger partial charge is 0.370 e. The van der Waals surface area contributed by atoms with Crippen molar-refractivity contribution in [1.29, 1.82) is 0 Å². The molecule has 1 saturated heterocycles. The first-order valence-electron chi connectivity index (χ1n) is 8.15. The molecule has 1 heterocycles. The minimum absolute atomic E-state index is 0. The lowest BCUT2D eigenvalue weighted by atomic mass is 10.1. The van der Waals surface area contributed by atoms with Crippen molar-refractivity contribution in [1.82, 2.24) is 9.80 Å². The molecule has 1 aromatic rings. The summed E-state index contributed by atoms with van der Waals surface area (Å²) in [5, 5.41) is 0. The Bertz CT molecular complexity index is 468. The van der Waals surface area contributed by atoms with Crippen molar-refractivity contribution < 1.29 is 0 Å². The van der Waals surface area contributed by atoms with Crippen molar-refractivity contribution in [3.05, 3.63) is 35.4 Å². The number of nitrogens with two attached hydrogens (primary N) is 1. The van der Waals surface area contributed by atoms with E-state index in [9.17, 15) is 0 Å². The second kappa shape index (κ2) is 11.1. The van der Waals surface area contributed by atoms with Gasteiger partial charge in [0, 0.05) is 31.1 Å². The molecular formula is C17H29IN4S. The van der Waals surface area contributed by atoms with Crippen LogP contribution in [-0.2, 0) is 13.1 Å². The van der Waals surface area contributed by atoms with Gasteiger partial charge < -0.3 is 10.6 Å². The monoisotopic (exact) mass is 448 g/mol. The molecule has 130 valence electrons. The molecule has 0 spiro atoms. The fourth-order valence-corrected chi connectivity index (χ4v) is 3.42. The molecule has 0 aromatic heterocycles. The zero-order valence-electron chi connectivity index (χ0n) is 14.2. The normalized spacial score (nSPS) is 15.6. The number of benzene rings is 1. The Morgan fingerprint density at radius 1 is 1.13 bits per heavy atom. The Kier molecular flexibility index (Phi) is 9.97. The summed E-state index contributed by atoms with van der Waals surface area (Å²) in [5.74, 6) is 2.99. The van der Waals surface area contributed by atoms with Gasteiger partial charge in [0.25, 0.3) is 0 Å². The average Bonchev–Trinajstić information content (AvgIpc) is 2.59. The number of hydrogen-bond donors (Lipinski definition) is 1. The van der Waals surface area contributed by atoms with Gasteiger partial charge in [-0.1, -0.05) is 38.1 Å². The Labute approximate surface area is 161 Å². The van der Waals surface area contributed by atoms with E-state index in [1.54, 1.807) is 0 Å². The van der Waals surface area contributed by atoms with Gasteiger partial charge in [0.15, 0.2) is 5.96 Å². The summed E-state index contributed by atoms with van der Waals surface area (Å²) >= 11 is 1.98. The summed E-state index contributed by atoms with van der Waals surface area (Å²) in [6, 6.07) is 8.75. The molecule has 0 saturated carbocycles. The smallest absolute Gasteiger partial charge is 0.191 e. The van der Waals surface area contributed by atoms with Crippen LogP contribution >= 0.6 is 35.7 Å². The molecular weight excluding hydrogens is 419 g/mol. The summed E-state index contributed by atoms with van der Waals surface area (Å²) in [6.45, 7) is 10.3. The maximum Gasteiger partial charge on any atom is 0.191 e. The highest BCUT2D eigenvalue weighted by Crippen LogP contribution is 2.11. The van der Waals surface area contributed by atoms with Crippen LogP contribution in [0.25, 0.3) is 0 Å². The zero-order chi connectivity index (χ0) is 15.8. The van der Waals surface area contributed by atoms with Crippen LogP contribution in [0.1, 0.15) is 25.0 Å². The van der Waals surface area contributed by atoms with Crippen LogP contribution < -0.4 is 5.73 Å². The number of nitrogens with zero attached hydrogens (tertiary/aromatic N) is 3. The Morgan fingerprint density at radius 2 is 1.70 bits per heavy atom. The van der Waals surface area contributed by atoms with E-state index in [1.165, 1.54) is 11.1 Å². The van der Waals surface area contributed by atoms with Gasteiger partial charge in [-0.3, -0.25) is 4.90 Å². The first kappa shape index (κ1) is 20.6. The van der Waals surface area contributed by atoms with Crippen LogP contribution in [0, 0.1) is 0 Å². The molecule has 0 bridgehead atoms. The van der Waals surface area contributed by atoms with Gasteiger partial charge in [0.05, 0.1) is 6.54 Å². The second-order valence-corrected chi connectivity index (χ2v) is 6.78. The molecule has 4 nitrogen and oxygen atoms in total. The van der Waals surface area contributed by atoms with Crippen LogP contribution in [0.5, 0.6) is 0 Å². The van der Waals surface area contributed by atoms with Gasteiger partial charge in [-0.2, -0.15) is 11.8 Å². The van der Waals surface area contributed by atoms with Crippen molar-refractivity contribution in [2.75, 3.05) is 37.7 Å². The van der Waals surface area contributed by atoms with Gasteiger partial charge in [-0.15, -0.1) is 24.0 Å². The molecule has 1 aliphatic heterocycles. The molecule has 2 rings (SSSR count). The lowest BCUT2D eigenvalue weighted by Gasteiger charge is -2.27. The van der Waals surface area contributed by atoms with Crippen molar-refractivity contribution in [3.63, 3.8) is 0 Å². The molecule has 1 aliphatic rings. The fourth-order valence-electron chi connectivity index (χ4n) is 2.52. The van der Waals surface area contributed by atoms with Crippen LogP contribution in [0.3, 0.4) is 0 Å². The summed E-state index contributed by atoms with van der Waals surface area (Å²) in [4.78, 5) is 9.14. The Balaban J connectivity index is 0.00000264. The van der Waals surface area contributed by atoms with Crippen LogP contribution in [-0.4, -0.2) is 53.4 Å². The van der Waals surface area contributed by atoms with Crippen LogP contribution in [0.15, 0.2) is 29.3 Å². The molecule has 1 fully saturated rings. The predicted molar refractivity (Wildman–Crippen MR) is 113 cm³/mol. The summed E-state index contributed by atoms with van der Waals surface area (Å²) in [7, 11) is 0. The van der Waals surface area contributed by atoms with Gasteiger partial charge in [-0.05, 0) is 24.2 Å². The molecule has 0 unspecified atom stereocenters. The van der Waals surface area contributed by atoms with Crippen LogP contribution in [0.2, 0.25) is 0 Å². The number of hydrogen-bond acceptors (Lipinski definition) is 3. The Hall–Kier alpha value is -0.470. The molecule has 0 atom stereocenters. The first-order valence-corrected chi connectivity index (χ1v) is 9.31. The number of thioether (sulfide) groups is 1. The summed E-state index contributed by atoms with van der Waals surface area (Å²) in [5.41, 5.74) is 8.67. The number of halogens is 1. The van der Waals surface area contributed by atoms with Crippen molar-refractivity contribution >= 4 is 41.7 Å². The van der Waals surface area contributed by atoms with E-state index in [0.717, 1.165) is 44.2 Å². The van der Waals surface area contributed by atoms with Gasteiger partial charge in [-0.25, -0.2) is 4.99 Å². The summed E-state index contributed by atoms with van der Waals surface area (Å²) in [6.07, 6.45) is 0. The first-order chi connectivity index (χ1) is 10.7. The topological polar surface area (TPSA) is 44.9 Å². The third-order valence-electron chi connectivity index (χ3n) is 4.08. The minimum atomic E-state index is 0. The lowest BCUT2D eigenvalue weighted by molar-refractivity contribution is 0.296. The lowest BCUT2D eigenvalue weighted by Crippen LogP contribution is -2.42. The molecule has 23 heavy (non-hydrogen) atoms. The van der Waals surface area contributed by atoms with E-state index in [0.29, 0.717) is 12.5 Å². The Morgan fingerprint density at radius 3 is 2.26 bits per heavy atom. The maximum atomic E-state index is 6.09. The molecule has 6 heteroatoms. The second-order valence-electron chi connectivity index (χ2n) is 5.55. The summed E-state index contributed by atoms with van der Waals surface area (Å²) < 4.78 is 0. The molecule has 0 radical (unpaired) electrons. The number of rotatable bonds is 6. The number of guanidine groups is 1. The number of aliphatic imine (C=N–C) groups is 1. The predicted octanol–water partition coefficient (Wildman–Crippen LogP) is 3.01. The van der Waals surface area contributed by atoms with E-state index >= 15 is 0 Å². The van der Waals surface area contributed by atoms with Gasteiger partial charge in [0.2, 0.25) is 0 Å². The van der Waals surface area contributed by atoms with Crippen molar-refractivity contribution in [2.24, 2.45) is 10.7 Å². The van der Waals surface area contributed by atoms with E-state index < -0.39 is 0 Å². The highest BCUT2D eigenvalue weighted by Gasteiger charge is 2.11. The highest BCUT2D eigenvalue weighted by atomic mass is 127. The molecule has 0 aliphatic carbocycles. The van der Waals surface area contributed by atoms with Gasteiger partial charge >= 0.3 is 0 Å². The van der Waals surface area contributed by atoms with E-state index in [-0.39, 0.29) is 24.0 Å². The van der Waals surface area contributed by atoms with Crippen molar-refractivity contribution in [3.8, 4) is 0 Å². The molecule has 1 aromatic carbocycles. The average molecular weight is 448 g/mol. The molecule has 0 amide bonds. The third kappa shape index (κ3) is 6.89.